The summed E-state index contributed by atoms with van der Waals surface area (Å²) in [5.41, 5.74) is -0.934. The van der Waals surface area contributed by atoms with Gasteiger partial charge in [0.15, 0.2) is 0 Å². The lowest BCUT2D eigenvalue weighted by molar-refractivity contribution is -0.149. The molecule has 0 saturated carbocycles. The van der Waals surface area contributed by atoms with Crippen LogP contribution in [0.15, 0.2) is 0 Å². The zero-order chi connectivity index (χ0) is 13.7. The first-order chi connectivity index (χ1) is 7.60. The number of hydrogen-bond donors (Lipinski definition) is 2. The highest BCUT2D eigenvalue weighted by Gasteiger charge is 2.30. The van der Waals surface area contributed by atoms with Gasteiger partial charge in [0.1, 0.15) is 0 Å². The van der Waals surface area contributed by atoms with E-state index in [1.165, 1.54) is 0 Å². The average molecular weight is 243 g/mol. The van der Waals surface area contributed by atoms with Crippen LogP contribution in [-0.2, 0) is 9.59 Å². The fourth-order valence-electron chi connectivity index (χ4n) is 1.64. The van der Waals surface area contributed by atoms with Crippen molar-refractivity contribution in [2.24, 2.45) is 10.8 Å². The molecule has 0 aromatic rings. The Bertz CT molecular complexity index is 282. The van der Waals surface area contributed by atoms with Crippen molar-refractivity contribution < 1.29 is 14.7 Å². The third-order valence-electron chi connectivity index (χ3n) is 2.87. The van der Waals surface area contributed by atoms with E-state index in [0.717, 1.165) is 12.8 Å². The molecular formula is C13H25NO3. The minimum Gasteiger partial charge on any atom is -0.481 e. The molecule has 100 valence electrons. The van der Waals surface area contributed by atoms with Crippen molar-refractivity contribution in [3.63, 3.8) is 0 Å². The standard InChI is InChI=1S/C13H25NO3/c1-6-7-12(2,3)9-14-10(15)8-13(4,5)11(16)17/h6-9H2,1-5H3,(H,14,15)(H,16,17). The highest BCUT2D eigenvalue weighted by molar-refractivity contribution is 5.84. The lowest BCUT2D eigenvalue weighted by Crippen LogP contribution is -2.38. The highest BCUT2D eigenvalue weighted by atomic mass is 16.4. The van der Waals surface area contributed by atoms with Crippen molar-refractivity contribution in [2.45, 2.75) is 53.9 Å². The summed E-state index contributed by atoms with van der Waals surface area (Å²) in [6, 6.07) is 0. The van der Waals surface area contributed by atoms with Crippen LogP contribution < -0.4 is 5.32 Å². The molecule has 0 aliphatic rings. The molecular weight excluding hydrogens is 218 g/mol. The molecule has 0 rings (SSSR count). The van der Waals surface area contributed by atoms with Gasteiger partial charge in [-0.25, -0.2) is 0 Å². The number of carbonyl (C=O) groups is 2. The van der Waals surface area contributed by atoms with Crippen LogP contribution in [0.1, 0.15) is 53.9 Å². The normalized spacial score (nSPS) is 12.3. The minimum atomic E-state index is -1.00. The van der Waals surface area contributed by atoms with Gasteiger partial charge in [-0.15, -0.1) is 0 Å². The number of aliphatic carboxylic acids is 1. The number of carbonyl (C=O) groups excluding carboxylic acids is 1. The molecule has 0 heterocycles. The Morgan fingerprint density at radius 2 is 1.71 bits per heavy atom. The van der Waals surface area contributed by atoms with E-state index in [-0.39, 0.29) is 17.7 Å². The smallest absolute Gasteiger partial charge is 0.309 e. The van der Waals surface area contributed by atoms with Crippen LogP contribution in [0.3, 0.4) is 0 Å². The van der Waals surface area contributed by atoms with Gasteiger partial charge >= 0.3 is 5.97 Å². The summed E-state index contributed by atoms with van der Waals surface area (Å²) < 4.78 is 0. The summed E-state index contributed by atoms with van der Waals surface area (Å²) in [5.74, 6) is -1.14. The van der Waals surface area contributed by atoms with Crippen LogP contribution in [0.2, 0.25) is 0 Å². The van der Waals surface area contributed by atoms with E-state index in [1.54, 1.807) is 13.8 Å². The second-order valence-electron chi connectivity index (χ2n) is 6.06. The summed E-state index contributed by atoms with van der Waals surface area (Å²) in [7, 11) is 0. The molecule has 0 unspecified atom stereocenters. The molecule has 0 bridgehead atoms. The number of carboxylic acids is 1. The van der Waals surface area contributed by atoms with Crippen LogP contribution in [0.5, 0.6) is 0 Å². The lowest BCUT2D eigenvalue weighted by atomic mass is 9.87. The molecule has 0 aliphatic heterocycles. The fraction of sp³-hybridized carbons (Fsp3) is 0.846. The maximum Gasteiger partial charge on any atom is 0.309 e. The van der Waals surface area contributed by atoms with E-state index in [4.69, 9.17) is 5.11 Å². The molecule has 0 radical (unpaired) electrons. The summed E-state index contributed by atoms with van der Waals surface area (Å²) in [5, 5.41) is 11.7. The predicted molar refractivity (Wildman–Crippen MR) is 67.7 cm³/mol. The van der Waals surface area contributed by atoms with Gasteiger partial charge in [0, 0.05) is 13.0 Å². The summed E-state index contributed by atoms with van der Waals surface area (Å²) in [6.45, 7) is 10.0. The quantitative estimate of drug-likeness (QED) is 0.721. The van der Waals surface area contributed by atoms with Gasteiger partial charge in [-0.3, -0.25) is 9.59 Å². The molecule has 0 aromatic carbocycles. The largest absolute Gasteiger partial charge is 0.481 e. The van der Waals surface area contributed by atoms with Crippen LogP contribution in [0, 0.1) is 10.8 Å². The van der Waals surface area contributed by atoms with Gasteiger partial charge in [-0.05, 0) is 25.7 Å². The van der Waals surface area contributed by atoms with Crippen LogP contribution in [-0.4, -0.2) is 23.5 Å². The number of nitrogens with one attached hydrogen (secondary N) is 1. The number of amides is 1. The van der Waals surface area contributed by atoms with Gasteiger partial charge in [-0.2, -0.15) is 0 Å². The molecule has 0 saturated heterocycles. The van der Waals surface area contributed by atoms with Crippen molar-refractivity contribution in [1.29, 1.82) is 0 Å². The predicted octanol–water partition coefficient (Wildman–Crippen LogP) is 2.43. The van der Waals surface area contributed by atoms with Crippen LogP contribution >= 0.6 is 0 Å². The van der Waals surface area contributed by atoms with Crippen LogP contribution in [0.25, 0.3) is 0 Å². The molecule has 0 atom stereocenters. The van der Waals surface area contributed by atoms with Crippen molar-refractivity contribution in [3.05, 3.63) is 0 Å². The molecule has 17 heavy (non-hydrogen) atoms. The van der Waals surface area contributed by atoms with Crippen LogP contribution in [0.4, 0.5) is 0 Å². The van der Waals surface area contributed by atoms with Gasteiger partial charge in [-0.1, -0.05) is 27.2 Å². The van der Waals surface area contributed by atoms with E-state index in [2.05, 4.69) is 26.1 Å². The minimum absolute atomic E-state index is 0.0184. The molecule has 0 spiro atoms. The second-order valence-corrected chi connectivity index (χ2v) is 6.06. The first-order valence-corrected chi connectivity index (χ1v) is 6.11. The lowest BCUT2D eigenvalue weighted by Gasteiger charge is -2.25. The van der Waals surface area contributed by atoms with E-state index >= 15 is 0 Å². The third-order valence-corrected chi connectivity index (χ3v) is 2.87. The SMILES string of the molecule is CCCC(C)(C)CNC(=O)CC(C)(C)C(=O)O. The van der Waals surface area contributed by atoms with Gasteiger partial charge in [0.2, 0.25) is 5.91 Å². The Morgan fingerprint density at radius 1 is 1.18 bits per heavy atom. The molecule has 1 amide bonds. The number of rotatable bonds is 7. The second kappa shape index (κ2) is 6.03. The molecule has 0 aromatic heterocycles. The van der Waals surface area contributed by atoms with Crippen molar-refractivity contribution >= 4 is 11.9 Å². The first kappa shape index (κ1) is 15.9. The molecule has 4 nitrogen and oxygen atoms in total. The van der Waals surface area contributed by atoms with Gasteiger partial charge in [0.05, 0.1) is 5.41 Å². The van der Waals surface area contributed by atoms with Crippen molar-refractivity contribution in [1.82, 2.24) is 5.32 Å². The van der Waals surface area contributed by atoms with Crippen molar-refractivity contribution in [2.75, 3.05) is 6.54 Å². The number of carboxylic acid groups (broad SMARTS) is 1. The number of hydrogen-bond acceptors (Lipinski definition) is 2. The molecule has 0 aliphatic carbocycles. The monoisotopic (exact) mass is 243 g/mol. The fourth-order valence-corrected chi connectivity index (χ4v) is 1.64. The summed E-state index contributed by atoms with van der Waals surface area (Å²) in [6.07, 6.45) is 2.13. The topological polar surface area (TPSA) is 66.4 Å². The Hall–Kier alpha value is -1.06. The Labute approximate surface area is 104 Å². The third kappa shape index (κ3) is 6.29. The Morgan fingerprint density at radius 3 is 2.12 bits per heavy atom. The van der Waals surface area contributed by atoms with E-state index in [9.17, 15) is 9.59 Å². The maximum atomic E-state index is 11.6. The summed E-state index contributed by atoms with van der Waals surface area (Å²) in [4.78, 5) is 22.5. The van der Waals surface area contributed by atoms with E-state index < -0.39 is 11.4 Å². The highest BCUT2D eigenvalue weighted by Crippen LogP contribution is 2.22. The zero-order valence-corrected chi connectivity index (χ0v) is 11.6. The van der Waals surface area contributed by atoms with E-state index in [1.807, 2.05) is 0 Å². The zero-order valence-electron chi connectivity index (χ0n) is 11.6. The average Bonchev–Trinajstić information content (AvgIpc) is 2.14. The van der Waals surface area contributed by atoms with Crippen molar-refractivity contribution in [3.8, 4) is 0 Å². The Balaban J connectivity index is 4.17. The summed E-state index contributed by atoms with van der Waals surface area (Å²) >= 11 is 0. The first-order valence-electron chi connectivity index (χ1n) is 6.11. The van der Waals surface area contributed by atoms with Gasteiger partial charge < -0.3 is 10.4 Å². The van der Waals surface area contributed by atoms with Gasteiger partial charge in [0.25, 0.3) is 0 Å². The molecule has 2 N–H and O–H groups in total. The van der Waals surface area contributed by atoms with E-state index in [0.29, 0.717) is 6.54 Å². The Kier molecular flexibility index (Phi) is 5.66. The molecule has 4 heteroatoms. The maximum absolute atomic E-state index is 11.6. The molecule has 0 fully saturated rings.